The molecule has 0 radical (unpaired) electrons. The molecule has 164 valence electrons. The van der Waals surface area contributed by atoms with Gasteiger partial charge in [-0.05, 0) is 46.7 Å². The Morgan fingerprint density at radius 3 is 1.84 bits per heavy atom. The van der Waals surface area contributed by atoms with E-state index in [0.717, 1.165) is 24.3 Å². The van der Waals surface area contributed by atoms with Crippen LogP contribution in [0.25, 0.3) is 6.08 Å². The lowest BCUT2D eigenvalue weighted by molar-refractivity contribution is -0.384. The highest BCUT2D eigenvalue weighted by atomic mass is 32.2. The maximum Gasteiger partial charge on any atom is 0.269 e. The Bertz CT molecular complexity index is 1160. The zero-order chi connectivity index (χ0) is 23.8. The molecule has 0 amide bonds. The molecule has 0 aliphatic rings. The van der Waals surface area contributed by atoms with Crippen molar-refractivity contribution in [2.45, 2.75) is 57.3 Å². The van der Waals surface area contributed by atoms with Crippen LogP contribution in [0.1, 0.15) is 58.2 Å². The second kappa shape index (κ2) is 8.16. The topological polar surface area (TPSA) is 121 Å². The van der Waals surface area contributed by atoms with Gasteiger partial charge in [-0.25, -0.2) is 8.42 Å². The van der Waals surface area contributed by atoms with E-state index < -0.39 is 30.5 Å². The third-order valence-corrected chi connectivity index (χ3v) is 6.48. The second-order valence-corrected chi connectivity index (χ2v) is 11.3. The van der Waals surface area contributed by atoms with E-state index in [1.165, 1.54) is 6.08 Å². The summed E-state index contributed by atoms with van der Waals surface area (Å²) in [5.41, 5.74) is 0.655. The number of sulfone groups is 1. The second-order valence-electron chi connectivity index (χ2n) is 9.34. The van der Waals surface area contributed by atoms with E-state index in [2.05, 4.69) is 0 Å². The first-order chi connectivity index (χ1) is 14.1. The zero-order valence-electron chi connectivity index (χ0n) is 18.4. The van der Waals surface area contributed by atoms with Crippen LogP contribution in [0.4, 0.5) is 5.69 Å². The Labute approximate surface area is 182 Å². The predicted octanol–water partition coefficient (Wildman–Crippen LogP) is 5.23. The van der Waals surface area contributed by atoms with E-state index in [0.29, 0.717) is 16.7 Å². The van der Waals surface area contributed by atoms with Gasteiger partial charge in [-0.15, -0.1) is 0 Å². The number of nitro groups is 1. The summed E-state index contributed by atoms with van der Waals surface area (Å²) in [6.45, 7) is 11.6. The summed E-state index contributed by atoms with van der Waals surface area (Å²) in [5.74, 6) is 0.147. The summed E-state index contributed by atoms with van der Waals surface area (Å²) in [4.78, 5) is 9.48. The fourth-order valence-corrected chi connectivity index (χ4v) is 4.24. The first kappa shape index (κ1) is 24.1. The summed E-state index contributed by atoms with van der Waals surface area (Å²) in [5, 5.41) is 31.2. The Balaban J connectivity index is 2.70. The van der Waals surface area contributed by atoms with Gasteiger partial charge in [0.05, 0.1) is 9.82 Å². The van der Waals surface area contributed by atoms with Crippen LogP contribution in [0.2, 0.25) is 0 Å². The molecule has 0 atom stereocenters. The molecule has 2 aromatic carbocycles. The number of rotatable bonds is 4. The molecular weight excluding hydrogens is 416 g/mol. The molecule has 0 fully saturated rings. The van der Waals surface area contributed by atoms with Gasteiger partial charge >= 0.3 is 0 Å². The largest absolute Gasteiger partial charge is 0.507 e. The molecule has 0 aliphatic heterocycles. The van der Waals surface area contributed by atoms with E-state index >= 15 is 0 Å². The standard InChI is InChI=1S/C23H26N2O5S/c1-22(2,3)19-12-15(13-20(21(19)26)23(4,5)6)11-18(14-24)31(29,30)17-9-7-16(8-10-17)25(27)28/h7-13,26H,1-6H3/b18-11+. The number of nitriles is 1. The van der Waals surface area contributed by atoms with Crippen molar-refractivity contribution < 1.29 is 18.4 Å². The first-order valence-electron chi connectivity index (χ1n) is 9.58. The van der Waals surface area contributed by atoms with Crippen molar-refractivity contribution in [3.05, 3.63) is 68.1 Å². The highest BCUT2D eigenvalue weighted by molar-refractivity contribution is 7.95. The molecule has 0 bridgehead atoms. The summed E-state index contributed by atoms with van der Waals surface area (Å²) in [6, 6.07) is 9.46. The van der Waals surface area contributed by atoms with Gasteiger partial charge < -0.3 is 5.11 Å². The van der Waals surface area contributed by atoms with Crippen LogP contribution >= 0.6 is 0 Å². The molecule has 7 nitrogen and oxygen atoms in total. The molecular formula is C23H26N2O5S. The molecule has 31 heavy (non-hydrogen) atoms. The van der Waals surface area contributed by atoms with Crippen LogP contribution in [0.15, 0.2) is 46.2 Å². The fourth-order valence-electron chi connectivity index (χ4n) is 3.08. The van der Waals surface area contributed by atoms with Gasteiger partial charge in [-0.2, -0.15) is 5.26 Å². The van der Waals surface area contributed by atoms with Gasteiger partial charge in [0, 0.05) is 23.3 Å². The fraction of sp³-hybridized carbons (Fsp3) is 0.348. The van der Waals surface area contributed by atoms with Crippen LogP contribution in [-0.4, -0.2) is 18.4 Å². The summed E-state index contributed by atoms with van der Waals surface area (Å²) < 4.78 is 25.9. The first-order valence-corrected chi connectivity index (χ1v) is 11.1. The highest BCUT2D eigenvalue weighted by Gasteiger charge is 2.27. The SMILES string of the molecule is CC(C)(C)c1cc(/C=C(\C#N)S(=O)(=O)c2ccc([N+](=O)[O-])cc2)cc(C(C)(C)C)c1O. The number of aromatic hydroxyl groups is 1. The lowest BCUT2D eigenvalue weighted by atomic mass is 9.78. The van der Waals surface area contributed by atoms with Gasteiger partial charge in [0.1, 0.15) is 16.7 Å². The van der Waals surface area contributed by atoms with Crippen molar-refractivity contribution in [2.24, 2.45) is 0 Å². The molecule has 0 unspecified atom stereocenters. The Hall–Kier alpha value is -3.18. The molecule has 0 spiro atoms. The third-order valence-electron chi connectivity index (χ3n) is 4.80. The maximum atomic E-state index is 13.0. The minimum absolute atomic E-state index is 0.147. The van der Waals surface area contributed by atoms with Crippen LogP contribution in [0.5, 0.6) is 5.75 Å². The van der Waals surface area contributed by atoms with Crippen molar-refractivity contribution in [3.8, 4) is 11.8 Å². The van der Waals surface area contributed by atoms with Crippen molar-refractivity contribution in [1.29, 1.82) is 5.26 Å². The molecule has 0 aliphatic carbocycles. The van der Waals surface area contributed by atoms with Crippen molar-refractivity contribution >= 4 is 21.6 Å². The lowest BCUT2D eigenvalue weighted by Gasteiger charge is -2.28. The number of phenols is 1. The number of nitro benzene ring substituents is 1. The van der Waals surface area contributed by atoms with Crippen LogP contribution in [0, 0.1) is 21.4 Å². The number of nitrogens with zero attached hydrogens (tertiary/aromatic N) is 2. The molecule has 1 N–H and O–H groups in total. The minimum Gasteiger partial charge on any atom is -0.507 e. The van der Waals surface area contributed by atoms with Crippen LogP contribution in [-0.2, 0) is 20.7 Å². The van der Waals surface area contributed by atoms with Gasteiger partial charge in [0.25, 0.3) is 5.69 Å². The van der Waals surface area contributed by atoms with Gasteiger partial charge in [0.2, 0.25) is 9.84 Å². The van der Waals surface area contributed by atoms with Crippen LogP contribution in [0.3, 0.4) is 0 Å². The van der Waals surface area contributed by atoms with Gasteiger partial charge in [-0.1, -0.05) is 41.5 Å². The number of non-ortho nitro benzene ring substituents is 1. The quantitative estimate of drug-likeness (QED) is 0.393. The molecule has 0 aromatic heterocycles. The number of hydrogen-bond donors (Lipinski definition) is 1. The van der Waals surface area contributed by atoms with E-state index in [4.69, 9.17) is 0 Å². The van der Waals surface area contributed by atoms with E-state index in [1.54, 1.807) is 18.2 Å². The van der Waals surface area contributed by atoms with E-state index in [1.807, 2.05) is 41.5 Å². The number of benzene rings is 2. The predicted molar refractivity (Wildman–Crippen MR) is 119 cm³/mol. The number of hydrogen-bond acceptors (Lipinski definition) is 6. The molecule has 2 rings (SSSR count). The Morgan fingerprint density at radius 1 is 1.03 bits per heavy atom. The Kier molecular flexibility index (Phi) is 6.34. The average Bonchev–Trinajstić information content (AvgIpc) is 2.65. The molecule has 0 heterocycles. The van der Waals surface area contributed by atoms with Gasteiger partial charge in [0.15, 0.2) is 0 Å². The molecule has 0 saturated heterocycles. The maximum absolute atomic E-state index is 13.0. The number of allylic oxidation sites excluding steroid dienone is 1. The summed E-state index contributed by atoms with van der Waals surface area (Å²) in [6.07, 6.45) is 1.26. The van der Waals surface area contributed by atoms with Gasteiger partial charge in [-0.3, -0.25) is 10.1 Å². The van der Waals surface area contributed by atoms with Crippen molar-refractivity contribution in [3.63, 3.8) is 0 Å². The van der Waals surface area contributed by atoms with E-state index in [-0.39, 0.29) is 16.3 Å². The summed E-state index contributed by atoms with van der Waals surface area (Å²) >= 11 is 0. The summed E-state index contributed by atoms with van der Waals surface area (Å²) in [7, 11) is -4.18. The van der Waals surface area contributed by atoms with Crippen molar-refractivity contribution in [1.82, 2.24) is 0 Å². The minimum atomic E-state index is -4.18. The smallest absolute Gasteiger partial charge is 0.269 e. The lowest BCUT2D eigenvalue weighted by Crippen LogP contribution is -2.17. The monoisotopic (exact) mass is 442 g/mol. The molecule has 2 aromatic rings. The van der Waals surface area contributed by atoms with E-state index in [9.17, 15) is 28.9 Å². The average molecular weight is 443 g/mol. The van der Waals surface area contributed by atoms with Crippen LogP contribution < -0.4 is 0 Å². The molecule has 0 saturated carbocycles. The van der Waals surface area contributed by atoms with Crippen molar-refractivity contribution in [2.75, 3.05) is 0 Å². The zero-order valence-corrected chi connectivity index (χ0v) is 19.2. The normalized spacial score (nSPS) is 13.0. The third kappa shape index (κ3) is 5.12. The molecule has 8 heteroatoms. The number of phenolic OH excluding ortho intramolecular Hbond substituents is 1. The highest BCUT2D eigenvalue weighted by Crippen LogP contribution is 2.40. The Morgan fingerprint density at radius 2 is 1.48 bits per heavy atom.